The maximum atomic E-state index is 13.6. The molecule has 0 atom stereocenters. The lowest BCUT2D eigenvalue weighted by Crippen LogP contribution is -2.18. The minimum absolute atomic E-state index is 0.292. The lowest BCUT2D eigenvalue weighted by molar-refractivity contribution is -0.0980. The van der Waals surface area contributed by atoms with Gasteiger partial charge in [-0.15, -0.1) is 0 Å². The van der Waals surface area contributed by atoms with E-state index in [-0.39, 0.29) is 11.7 Å². The smallest absolute Gasteiger partial charge is 0.255 e. The van der Waals surface area contributed by atoms with E-state index in [4.69, 9.17) is 13.6 Å². The molecule has 0 unspecified atom stereocenters. The minimum Gasteiger partial charge on any atom is -0.455 e. The Labute approximate surface area is 274 Å². The number of hydrogen-bond donors (Lipinski definition) is 1. The number of hydrogen-bond acceptors (Lipinski definition) is 8. The molecular weight excluding hydrogens is 599 g/mol. The summed E-state index contributed by atoms with van der Waals surface area (Å²) in [4.78, 5) is 32.1. The number of halogens is 1. The van der Waals surface area contributed by atoms with Crippen molar-refractivity contribution in [3.05, 3.63) is 89.9 Å². The van der Waals surface area contributed by atoms with Crippen molar-refractivity contribution in [3.63, 3.8) is 0 Å². The van der Waals surface area contributed by atoms with Crippen molar-refractivity contribution >= 4 is 40.6 Å². The van der Waals surface area contributed by atoms with Gasteiger partial charge in [-0.2, -0.15) is 0 Å². The number of carbonyl (C=O) groups is 2. The van der Waals surface area contributed by atoms with Crippen LogP contribution >= 0.6 is 0 Å². The van der Waals surface area contributed by atoms with Crippen molar-refractivity contribution in [2.45, 2.75) is 27.2 Å². The molecule has 3 heterocycles. The van der Waals surface area contributed by atoms with Gasteiger partial charge in [0, 0.05) is 75.4 Å². The van der Waals surface area contributed by atoms with Crippen LogP contribution in [0.4, 0.5) is 10.1 Å². The third kappa shape index (κ3) is 8.28. The van der Waals surface area contributed by atoms with Gasteiger partial charge in [-0.3, -0.25) is 4.79 Å². The highest BCUT2D eigenvalue weighted by molar-refractivity contribution is 6.13. The van der Waals surface area contributed by atoms with Gasteiger partial charge >= 0.3 is 0 Å². The average molecular weight is 641 g/mol. The number of ether oxygens (including phenoxy) is 1. The zero-order chi connectivity index (χ0) is 34.7. The number of furan rings is 1. The highest BCUT2D eigenvalue weighted by Crippen LogP contribution is 2.41. The van der Waals surface area contributed by atoms with E-state index in [1.165, 1.54) is 18.6 Å². The molecule has 1 amide bonds. The second-order valence-electron chi connectivity index (χ2n) is 10.7. The van der Waals surface area contributed by atoms with Gasteiger partial charge in [0.15, 0.2) is 0 Å². The lowest BCUT2D eigenvalue weighted by atomic mass is 9.97. The van der Waals surface area contributed by atoms with E-state index < -0.39 is 0 Å². The fraction of sp³-hybridized carbons (Fsp3) is 0.243. The molecular formula is C37H41FN4O5. The molecule has 0 radical (unpaired) electrons. The number of aromatic nitrogens is 2. The average Bonchev–Trinajstić information content (AvgIpc) is 3.67. The van der Waals surface area contributed by atoms with Gasteiger partial charge in [0.25, 0.3) is 5.91 Å². The first-order chi connectivity index (χ1) is 22.6. The Hall–Kier alpha value is -5.35. The fourth-order valence-corrected chi connectivity index (χ4v) is 4.76. The number of carbonyl (C=O) groups excluding carboxylic acids is 2. The van der Waals surface area contributed by atoms with Crippen LogP contribution < -0.4 is 10.2 Å². The van der Waals surface area contributed by atoms with E-state index in [1.54, 1.807) is 39.6 Å². The molecule has 0 saturated heterocycles. The van der Waals surface area contributed by atoms with Gasteiger partial charge in [-0.05, 0) is 66.6 Å². The van der Waals surface area contributed by atoms with Gasteiger partial charge in [0.2, 0.25) is 11.6 Å². The number of fused-ring (bicyclic) bond motifs is 2. The molecule has 6 rings (SSSR count). The molecule has 10 heteroatoms. The van der Waals surface area contributed by atoms with E-state index in [9.17, 15) is 9.18 Å². The molecule has 246 valence electrons. The maximum absolute atomic E-state index is 13.6. The van der Waals surface area contributed by atoms with Crippen molar-refractivity contribution < 1.29 is 27.6 Å². The number of amides is 1. The molecule has 3 aromatic carbocycles. The van der Waals surface area contributed by atoms with Crippen LogP contribution in [0.15, 0.2) is 81.8 Å². The third-order valence-electron chi connectivity index (χ3n) is 6.65. The number of nitrogens with one attached hydrogen (secondary N) is 1. The Kier molecular flexibility index (Phi) is 12.9. The zero-order valence-electron chi connectivity index (χ0n) is 28.1. The summed E-state index contributed by atoms with van der Waals surface area (Å²) in [5, 5.41) is 3.37. The molecule has 1 N–H and O–H groups in total. The normalized spacial score (nSPS) is 10.2. The second kappa shape index (κ2) is 16.8. The number of methoxy groups -OCH3 is 1. The Morgan fingerprint density at radius 2 is 1.60 bits per heavy atom. The van der Waals surface area contributed by atoms with E-state index >= 15 is 0 Å². The number of aryl methyl sites for hydroxylation is 1. The standard InChI is InChI=1S/C31H25FN4O3.C3H8.C2H6O.CH2O/c1-17-12-24-31(34-16-17)39-30(35-24)20-7-5-6-19(13-20)22-14-23-26(15-25(22)36(3)4)38-28(27(23)29(37)33-2)18-8-10-21(32)11-9-18;2*1-3-2;1-2/h5-16H,1-4H3,(H,33,37);3H2,1-2H3;1-2H3;1H2. The molecule has 0 aliphatic heterocycles. The van der Waals surface area contributed by atoms with E-state index in [0.717, 1.165) is 27.9 Å². The van der Waals surface area contributed by atoms with Crippen molar-refractivity contribution in [1.29, 1.82) is 0 Å². The summed E-state index contributed by atoms with van der Waals surface area (Å²) in [6, 6.07) is 19.6. The van der Waals surface area contributed by atoms with Crippen LogP contribution in [0.1, 0.15) is 36.2 Å². The van der Waals surface area contributed by atoms with Crippen LogP contribution in [-0.4, -0.2) is 58.0 Å². The predicted octanol–water partition coefficient (Wildman–Crippen LogP) is 8.34. The Balaban J connectivity index is 0.000000688. The lowest BCUT2D eigenvalue weighted by Gasteiger charge is -2.18. The molecule has 0 aliphatic rings. The molecule has 47 heavy (non-hydrogen) atoms. The number of benzene rings is 3. The Bertz CT molecular complexity index is 1930. The SMILES string of the molecule is C=O.CCC.CNC(=O)c1c(-c2ccc(F)cc2)oc2cc(N(C)C)c(-c3cccc(-c4nc5cc(C)cnc5o4)c3)cc12.COC. The van der Waals surface area contributed by atoms with Gasteiger partial charge in [-0.25, -0.2) is 14.4 Å². The van der Waals surface area contributed by atoms with Crippen LogP contribution in [0.5, 0.6) is 0 Å². The zero-order valence-corrected chi connectivity index (χ0v) is 28.1. The van der Waals surface area contributed by atoms with Crippen LogP contribution in [0.2, 0.25) is 0 Å². The molecule has 0 saturated carbocycles. The summed E-state index contributed by atoms with van der Waals surface area (Å²) in [7, 11) is 8.73. The highest BCUT2D eigenvalue weighted by Gasteiger charge is 2.24. The molecule has 0 bridgehead atoms. The number of nitrogens with zero attached hydrogens (tertiary/aromatic N) is 3. The van der Waals surface area contributed by atoms with Crippen molar-refractivity contribution in [2.24, 2.45) is 0 Å². The fourth-order valence-electron chi connectivity index (χ4n) is 4.76. The number of rotatable bonds is 5. The highest BCUT2D eigenvalue weighted by atomic mass is 19.1. The number of oxazole rings is 1. The molecule has 9 nitrogen and oxygen atoms in total. The summed E-state index contributed by atoms with van der Waals surface area (Å²) in [6.45, 7) is 8.21. The Morgan fingerprint density at radius 3 is 2.21 bits per heavy atom. The Morgan fingerprint density at radius 1 is 0.957 bits per heavy atom. The summed E-state index contributed by atoms with van der Waals surface area (Å²) < 4.78 is 30.0. The molecule has 3 aromatic heterocycles. The summed E-state index contributed by atoms with van der Waals surface area (Å²) >= 11 is 0. The van der Waals surface area contributed by atoms with Crippen molar-refractivity contribution in [3.8, 4) is 33.9 Å². The second-order valence-corrected chi connectivity index (χ2v) is 10.7. The summed E-state index contributed by atoms with van der Waals surface area (Å²) in [5.74, 6) is 0.206. The first-order valence-electron chi connectivity index (χ1n) is 14.9. The maximum Gasteiger partial charge on any atom is 0.255 e. The van der Waals surface area contributed by atoms with E-state index in [2.05, 4.69) is 33.9 Å². The number of pyridine rings is 1. The first kappa shape index (κ1) is 36.1. The monoisotopic (exact) mass is 640 g/mol. The van der Waals surface area contributed by atoms with Crippen LogP contribution in [0, 0.1) is 12.7 Å². The van der Waals surface area contributed by atoms with E-state index in [1.807, 2.05) is 75.2 Å². The first-order valence-corrected chi connectivity index (χ1v) is 14.9. The van der Waals surface area contributed by atoms with Crippen LogP contribution in [0.3, 0.4) is 0 Å². The predicted molar refractivity (Wildman–Crippen MR) is 186 cm³/mol. The van der Waals surface area contributed by atoms with Gasteiger partial charge in [0.1, 0.15) is 29.5 Å². The third-order valence-corrected chi connectivity index (χ3v) is 6.65. The van der Waals surface area contributed by atoms with Gasteiger partial charge < -0.3 is 28.6 Å². The van der Waals surface area contributed by atoms with Crippen LogP contribution in [0.25, 0.3) is 56.1 Å². The largest absolute Gasteiger partial charge is 0.455 e. The summed E-state index contributed by atoms with van der Waals surface area (Å²) in [6.07, 6.45) is 3.00. The molecule has 0 spiro atoms. The van der Waals surface area contributed by atoms with Crippen molar-refractivity contribution in [2.75, 3.05) is 40.3 Å². The minimum atomic E-state index is -0.363. The summed E-state index contributed by atoms with van der Waals surface area (Å²) in [5.41, 5.74) is 7.27. The molecule has 6 aromatic rings. The van der Waals surface area contributed by atoms with Crippen LogP contribution in [-0.2, 0) is 9.53 Å². The quantitative estimate of drug-likeness (QED) is 0.200. The van der Waals surface area contributed by atoms with Crippen molar-refractivity contribution in [1.82, 2.24) is 15.3 Å². The van der Waals surface area contributed by atoms with E-state index in [0.29, 0.717) is 45.0 Å². The molecule has 0 fully saturated rings. The molecule has 0 aliphatic carbocycles. The van der Waals surface area contributed by atoms with Gasteiger partial charge in [-0.1, -0.05) is 32.4 Å². The number of anilines is 1. The van der Waals surface area contributed by atoms with Gasteiger partial charge in [0.05, 0.1) is 5.56 Å². The topological polar surface area (TPSA) is 111 Å².